The highest BCUT2D eigenvalue weighted by Gasteiger charge is 2.08. The predicted molar refractivity (Wildman–Crippen MR) is 89.6 cm³/mol. The van der Waals surface area contributed by atoms with E-state index >= 15 is 0 Å². The molecular weight excluding hydrogens is 274 g/mol. The summed E-state index contributed by atoms with van der Waals surface area (Å²) < 4.78 is 0. The minimum absolute atomic E-state index is 0.0964. The largest absolute Gasteiger partial charge is 0.370 e. The number of benzene rings is 2. The maximum Gasteiger partial charge on any atom is 0.255 e. The number of amides is 1. The molecule has 2 aromatic rings. The Morgan fingerprint density at radius 3 is 2.45 bits per heavy atom. The molecule has 4 heteroatoms. The molecule has 22 heavy (non-hydrogen) atoms. The van der Waals surface area contributed by atoms with Crippen LogP contribution in [0.3, 0.4) is 0 Å². The molecule has 0 aliphatic carbocycles. The van der Waals surface area contributed by atoms with Crippen molar-refractivity contribution in [3.63, 3.8) is 0 Å². The summed E-state index contributed by atoms with van der Waals surface area (Å²) in [6.07, 6.45) is 1.08. The van der Waals surface area contributed by atoms with E-state index in [4.69, 9.17) is 0 Å². The van der Waals surface area contributed by atoms with Gasteiger partial charge in [0.25, 0.3) is 5.91 Å². The van der Waals surface area contributed by atoms with E-state index in [0.29, 0.717) is 5.56 Å². The number of aryl methyl sites for hydroxylation is 1. The molecule has 0 aromatic heterocycles. The highest BCUT2D eigenvalue weighted by molar-refractivity contribution is 6.05. The van der Waals surface area contributed by atoms with E-state index in [2.05, 4.69) is 15.6 Å². The van der Waals surface area contributed by atoms with Crippen molar-refractivity contribution < 1.29 is 4.79 Å². The van der Waals surface area contributed by atoms with Crippen LogP contribution in [0.2, 0.25) is 0 Å². The first kappa shape index (κ1) is 14.3. The highest BCUT2D eigenvalue weighted by atomic mass is 16.1. The van der Waals surface area contributed by atoms with Crippen LogP contribution in [-0.4, -0.2) is 24.8 Å². The number of hydrogen-bond donors (Lipinski definition) is 2. The lowest BCUT2D eigenvalue weighted by Crippen LogP contribution is -2.30. The van der Waals surface area contributed by atoms with Crippen LogP contribution in [0.1, 0.15) is 27.9 Å². The standard InChI is InChI=1S/C18H19N3O/c1-13-3-5-15(6-4-13)18(22)21-16-9-7-14(8-10-16)17-19-11-2-12-20-17/h3-10H,2,11-12H2,1H3,(H,19,20)(H,21,22). The quantitative estimate of drug-likeness (QED) is 0.914. The monoisotopic (exact) mass is 293 g/mol. The van der Waals surface area contributed by atoms with Crippen molar-refractivity contribution in [3.8, 4) is 0 Å². The van der Waals surface area contributed by atoms with Gasteiger partial charge >= 0.3 is 0 Å². The van der Waals surface area contributed by atoms with Crippen molar-refractivity contribution in [3.05, 3.63) is 65.2 Å². The fraction of sp³-hybridized carbons (Fsp3) is 0.222. The number of carbonyl (C=O) groups excluding carboxylic acids is 1. The average molecular weight is 293 g/mol. The Morgan fingerprint density at radius 2 is 1.82 bits per heavy atom. The van der Waals surface area contributed by atoms with Gasteiger partial charge in [0.15, 0.2) is 0 Å². The summed E-state index contributed by atoms with van der Waals surface area (Å²) in [6, 6.07) is 15.3. The minimum Gasteiger partial charge on any atom is -0.370 e. The van der Waals surface area contributed by atoms with Crippen molar-refractivity contribution in [2.24, 2.45) is 4.99 Å². The molecule has 2 aromatic carbocycles. The average Bonchev–Trinajstić information content (AvgIpc) is 2.57. The van der Waals surface area contributed by atoms with Crippen LogP contribution in [0.25, 0.3) is 0 Å². The van der Waals surface area contributed by atoms with Crippen molar-refractivity contribution in [1.29, 1.82) is 0 Å². The zero-order valence-electron chi connectivity index (χ0n) is 12.6. The van der Waals surface area contributed by atoms with Gasteiger partial charge in [0.2, 0.25) is 0 Å². The van der Waals surface area contributed by atoms with E-state index in [0.717, 1.165) is 42.2 Å². The third-order valence-electron chi connectivity index (χ3n) is 3.63. The Balaban J connectivity index is 1.69. The molecule has 0 radical (unpaired) electrons. The molecule has 0 bridgehead atoms. The molecule has 112 valence electrons. The van der Waals surface area contributed by atoms with Crippen LogP contribution in [0.15, 0.2) is 53.5 Å². The molecule has 0 spiro atoms. The van der Waals surface area contributed by atoms with Crippen molar-refractivity contribution in [2.75, 3.05) is 18.4 Å². The lowest BCUT2D eigenvalue weighted by Gasteiger charge is -2.15. The summed E-state index contributed by atoms with van der Waals surface area (Å²) in [5, 5.41) is 6.20. The van der Waals surface area contributed by atoms with E-state index in [-0.39, 0.29) is 5.91 Å². The first-order valence-corrected chi connectivity index (χ1v) is 7.49. The van der Waals surface area contributed by atoms with Gasteiger partial charge in [-0.05, 0) is 49.7 Å². The van der Waals surface area contributed by atoms with E-state index in [1.807, 2.05) is 55.5 Å². The molecular formula is C18H19N3O. The van der Waals surface area contributed by atoms with Gasteiger partial charge in [-0.2, -0.15) is 0 Å². The zero-order valence-corrected chi connectivity index (χ0v) is 12.6. The van der Waals surface area contributed by atoms with Gasteiger partial charge in [-0.3, -0.25) is 9.79 Å². The fourth-order valence-corrected chi connectivity index (χ4v) is 2.35. The third-order valence-corrected chi connectivity index (χ3v) is 3.63. The van der Waals surface area contributed by atoms with Gasteiger partial charge in [0.05, 0.1) is 0 Å². The molecule has 4 nitrogen and oxygen atoms in total. The molecule has 1 aliphatic rings. The topological polar surface area (TPSA) is 53.5 Å². The molecule has 0 saturated heterocycles. The molecule has 0 unspecified atom stereocenters. The number of hydrogen-bond acceptors (Lipinski definition) is 3. The Hall–Kier alpha value is -2.62. The van der Waals surface area contributed by atoms with Crippen molar-refractivity contribution >= 4 is 17.4 Å². The van der Waals surface area contributed by atoms with Gasteiger partial charge in [-0.25, -0.2) is 0 Å². The molecule has 2 N–H and O–H groups in total. The summed E-state index contributed by atoms with van der Waals surface area (Å²) in [5.74, 6) is 0.837. The summed E-state index contributed by atoms with van der Waals surface area (Å²) in [4.78, 5) is 16.6. The van der Waals surface area contributed by atoms with Crippen LogP contribution in [0.4, 0.5) is 5.69 Å². The van der Waals surface area contributed by atoms with Gasteiger partial charge in [-0.1, -0.05) is 17.7 Å². The molecule has 0 atom stereocenters. The number of aliphatic imine (C=N–C) groups is 1. The van der Waals surface area contributed by atoms with E-state index in [1.54, 1.807) is 0 Å². The fourth-order valence-electron chi connectivity index (χ4n) is 2.35. The molecule has 1 heterocycles. The van der Waals surface area contributed by atoms with Gasteiger partial charge in [0, 0.05) is 29.9 Å². The van der Waals surface area contributed by atoms with E-state index in [9.17, 15) is 4.79 Å². The maximum absolute atomic E-state index is 12.2. The Kier molecular flexibility index (Phi) is 4.19. The summed E-state index contributed by atoms with van der Waals surface area (Å²) in [6.45, 7) is 3.83. The van der Waals surface area contributed by atoms with Crippen molar-refractivity contribution in [2.45, 2.75) is 13.3 Å². The lowest BCUT2D eigenvalue weighted by atomic mass is 10.1. The van der Waals surface area contributed by atoms with Crippen LogP contribution in [-0.2, 0) is 0 Å². The van der Waals surface area contributed by atoms with Crippen LogP contribution in [0, 0.1) is 6.92 Å². The smallest absolute Gasteiger partial charge is 0.255 e. The number of nitrogens with zero attached hydrogens (tertiary/aromatic N) is 1. The number of carbonyl (C=O) groups is 1. The zero-order chi connectivity index (χ0) is 15.4. The number of nitrogens with one attached hydrogen (secondary N) is 2. The molecule has 0 saturated carbocycles. The first-order valence-electron chi connectivity index (χ1n) is 7.49. The van der Waals surface area contributed by atoms with Crippen LogP contribution < -0.4 is 10.6 Å². The third kappa shape index (κ3) is 3.34. The molecule has 0 fully saturated rings. The second-order valence-electron chi connectivity index (χ2n) is 5.41. The van der Waals surface area contributed by atoms with Gasteiger partial charge < -0.3 is 10.6 Å². The first-order chi connectivity index (χ1) is 10.7. The summed E-state index contributed by atoms with van der Waals surface area (Å²) in [5.41, 5.74) is 3.63. The van der Waals surface area contributed by atoms with Crippen LogP contribution in [0.5, 0.6) is 0 Å². The van der Waals surface area contributed by atoms with Crippen molar-refractivity contribution in [1.82, 2.24) is 5.32 Å². The van der Waals surface area contributed by atoms with Crippen LogP contribution >= 0.6 is 0 Å². The highest BCUT2D eigenvalue weighted by Crippen LogP contribution is 2.13. The normalized spacial score (nSPS) is 14.0. The SMILES string of the molecule is Cc1ccc(C(=O)Nc2ccc(C3=NCCCN3)cc2)cc1. The molecule has 3 rings (SSSR count). The minimum atomic E-state index is -0.0964. The Morgan fingerprint density at radius 1 is 1.09 bits per heavy atom. The van der Waals surface area contributed by atoms with Gasteiger partial charge in [-0.15, -0.1) is 0 Å². The number of anilines is 1. The van der Waals surface area contributed by atoms with Gasteiger partial charge in [0.1, 0.15) is 5.84 Å². The lowest BCUT2D eigenvalue weighted by molar-refractivity contribution is 0.102. The predicted octanol–water partition coefficient (Wildman–Crippen LogP) is 2.99. The Labute approximate surface area is 130 Å². The Bertz CT molecular complexity index is 687. The molecule has 1 amide bonds. The van der Waals surface area contributed by atoms with E-state index < -0.39 is 0 Å². The summed E-state index contributed by atoms with van der Waals surface area (Å²) >= 11 is 0. The second kappa shape index (κ2) is 6.43. The maximum atomic E-state index is 12.2. The summed E-state index contributed by atoms with van der Waals surface area (Å²) in [7, 11) is 0. The number of amidine groups is 1. The number of rotatable bonds is 3. The molecule has 1 aliphatic heterocycles. The second-order valence-corrected chi connectivity index (χ2v) is 5.41. The van der Waals surface area contributed by atoms with E-state index in [1.165, 1.54) is 0 Å².